The fourth-order valence-electron chi connectivity index (χ4n) is 3.38. The van der Waals surface area contributed by atoms with Crippen LogP contribution in [-0.4, -0.2) is 19.2 Å². The van der Waals surface area contributed by atoms with Crippen molar-refractivity contribution in [3.8, 4) is 0 Å². The van der Waals surface area contributed by atoms with Crippen molar-refractivity contribution < 1.29 is 4.74 Å². The SMILES string of the molecule is Cc1cc(C)c(C2CNCC(CC(C)(C)C)O2)c(C)c1. The first-order valence-corrected chi connectivity index (χ1v) is 7.70. The number of rotatable bonds is 2. The number of morpholine rings is 1. The van der Waals surface area contributed by atoms with Crippen molar-refractivity contribution in [2.75, 3.05) is 13.1 Å². The lowest BCUT2D eigenvalue weighted by molar-refractivity contribution is -0.0557. The Balaban J connectivity index is 2.17. The summed E-state index contributed by atoms with van der Waals surface area (Å²) in [5.74, 6) is 0. The second-order valence-corrected chi connectivity index (χ2v) is 7.48. The first kappa shape index (κ1) is 15.5. The molecule has 1 aliphatic rings. The molecule has 1 aliphatic heterocycles. The zero-order chi connectivity index (χ0) is 14.9. The predicted molar refractivity (Wildman–Crippen MR) is 85.2 cm³/mol. The molecule has 112 valence electrons. The Bertz CT molecular complexity index is 450. The van der Waals surface area contributed by atoms with Crippen molar-refractivity contribution in [3.63, 3.8) is 0 Å². The molecule has 0 bridgehead atoms. The molecule has 1 fully saturated rings. The van der Waals surface area contributed by atoms with E-state index >= 15 is 0 Å². The van der Waals surface area contributed by atoms with E-state index in [0.29, 0.717) is 11.5 Å². The van der Waals surface area contributed by atoms with E-state index in [1.807, 2.05) is 0 Å². The molecule has 1 heterocycles. The van der Waals surface area contributed by atoms with Gasteiger partial charge in [0.25, 0.3) is 0 Å². The molecule has 0 saturated carbocycles. The van der Waals surface area contributed by atoms with Gasteiger partial charge in [0.1, 0.15) is 0 Å². The molecule has 0 spiro atoms. The minimum absolute atomic E-state index is 0.191. The first-order chi connectivity index (χ1) is 9.26. The highest BCUT2D eigenvalue weighted by Gasteiger charge is 2.28. The maximum absolute atomic E-state index is 6.39. The van der Waals surface area contributed by atoms with Gasteiger partial charge in [-0.3, -0.25) is 0 Å². The number of hydrogen-bond donors (Lipinski definition) is 1. The van der Waals surface area contributed by atoms with Crippen molar-refractivity contribution in [2.24, 2.45) is 5.41 Å². The average molecular weight is 275 g/mol. The topological polar surface area (TPSA) is 21.3 Å². The van der Waals surface area contributed by atoms with Gasteiger partial charge in [0.05, 0.1) is 12.2 Å². The number of benzene rings is 1. The molecule has 0 aromatic heterocycles. The summed E-state index contributed by atoms with van der Waals surface area (Å²) in [6.07, 6.45) is 1.60. The molecule has 2 atom stereocenters. The molecule has 2 unspecified atom stereocenters. The summed E-state index contributed by atoms with van der Waals surface area (Å²) in [7, 11) is 0. The Hall–Kier alpha value is -0.860. The molecule has 0 aliphatic carbocycles. The molecule has 2 nitrogen and oxygen atoms in total. The molecule has 0 radical (unpaired) electrons. The minimum atomic E-state index is 0.191. The van der Waals surface area contributed by atoms with Gasteiger partial charge in [-0.2, -0.15) is 0 Å². The summed E-state index contributed by atoms with van der Waals surface area (Å²) in [5, 5.41) is 3.55. The molecule has 1 aromatic carbocycles. The zero-order valence-corrected chi connectivity index (χ0v) is 13.8. The lowest BCUT2D eigenvalue weighted by Crippen LogP contribution is -2.42. The third-order valence-corrected chi connectivity index (χ3v) is 3.96. The normalized spacial score (nSPS) is 23.9. The Labute approximate surface area is 123 Å². The van der Waals surface area contributed by atoms with Crippen LogP contribution >= 0.6 is 0 Å². The van der Waals surface area contributed by atoms with Crippen LogP contribution < -0.4 is 5.32 Å². The number of ether oxygens (including phenoxy) is 1. The van der Waals surface area contributed by atoms with E-state index in [9.17, 15) is 0 Å². The lowest BCUT2D eigenvalue weighted by atomic mass is 9.88. The molecular weight excluding hydrogens is 246 g/mol. The van der Waals surface area contributed by atoms with Gasteiger partial charge in [-0.1, -0.05) is 38.5 Å². The van der Waals surface area contributed by atoms with Gasteiger partial charge in [0.15, 0.2) is 0 Å². The number of hydrogen-bond acceptors (Lipinski definition) is 2. The molecule has 20 heavy (non-hydrogen) atoms. The monoisotopic (exact) mass is 275 g/mol. The van der Waals surface area contributed by atoms with Crippen LogP contribution in [0.3, 0.4) is 0 Å². The van der Waals surface area contributed by atoms with Gasteiger partial charge in [-0.25, -0.2) is 0 Å². The quantitative estimate of drug-likeness (QED) is 0.878. The van der Waals surface area contributed by atoms with Crippen LogP contribution in [0, 0.1) is 26.2 Å². The fourth-order valence-corrected chi connectivity index (χ4v) is 3.38. The van der Waals surface area contributed by atoms with Crippen LogP contribution in [0.15, 0.2) is 12.1 Å². The molecule has 0 amide bonds. The van der Waals surface area contributed by atoms with Gasteiger partial charge in [0, 0.05) is 13.1 Å². The standard InChI is InChI=1S/C18H29NO/c1-12-7-13(2)17(14(3)8-12)16-11-19-10-15(20-16)9-18(4,5)6/h7-8,15-16,19H,9-11H2,1-6H3. The zero-order valence-electron chi connectivity index (χ0n) is 13.8. The molecule has 1 N–H and O–H groups in total. The third kappa shape index (κ3) is 3.83. The second-order valence-electron chi connectivity index (χ2n) is 7.48. The van der Waals surface area contributed by atoms with E-state index in [1.54, 1.807) is 0 Å². The van der Waals surface area contributed by atoms with E-state index in [-0.39, 0.29) is 6.10 Å². The smallest absolute Gasteiger partial charge is 0.0958 e. The highest BCUT2D eigenvalue weighted by atomic mass is 16.5. The van der Waals surface area contributed by atoms with E-state index in [1.165, 1.54) is 22.3 Å². The summed E-state index contributed by atoms with van der Waals surface area (Å²) < 4.78 is 6.39. The van der Waals surface area contributed by atoms with E-state index < -0.39 is 0 Å². The summed E-state index contributed by atoms with van der Waals surface area (Å²) >= 11 is 0. The van der Waals surface area contributed by atoms with E-state index in [0.717, 1.165) is 19.5 Å². The van der Waals surface area contributed by atoms with Gasteiger partial charge in [-0.15, -0.1) is 0 Å². The van der Waals surface area contributed by atoms with Crippen LogP contribution in [0.2, 0.25) is 0 Å². The highest BCUT2D eigenvalue weighted by molar-refractivity contribution is 5.39. The fraction of sp³-hybridized carbons (Fsp3) is 0.667. The van der Waals surface area contributed by atoms with Gasteiger partial charge >= 0.3 is 0 Å². The van der Waals surface area contributed by atoms with Crippen LogP contribution in [-0.2, 0) is 4.74 Å². The summed E-state index contributed by atoms with van der Waals surface area (Å²) in [5.41, 5.74) is 5.72. The number of aryl methyl sites for hydroxylation is 3. The van der Waals surface area contributed by atoms with Crippen molar-refractivity contribution in [1.82, 2.24) is 5.32 Å². The Kier molecular flexibility index (Phi) is 4.55. The van der Waals surface area contributed by atoms with E-state index in [2.05, 4.69) is 59.0 Å². The lowest BCUT2D eigenvalue weighted by Gasteiger charge is -2.35. The average Bonchev–Trinajstić information content (AvgIpc) is 2.25. The largest absolute Gasteiger partial charge is 0.368 e. The maximum atomic E-state index is 6.39. The molecule has 1 saturated heterocycles. The first-order valence-electron chi connectivity index (χ1n) is 7.70. The van der Waals surface area contributed by atoms with Crippen LogP contribution in [0.1, 0.15) is 55.5 Å². The summed E-state index contributed by atoms with van der Waals surface area (Å²) in [6, 6.07) is 4.53. The van der Waals surface area contributed by atoms with Crippen molar-refractivity contribution in [3.05, 3.63) is 34.4 Å². The van der Waals surface area contributed by atoms with Gasteiger partial charge in [0.2, 0.25) is 0 Å². The third-order valence-electron chi connectivity index (χ3n) is 3.96. The van der Waals surface area contributed by atoms with Crippen molar-refractivity contribution >= 4 is 0 Å². The minimum Gasteiger partial charge on any atom is -0.368 e. The van der Waals surface area contributed by atoms with Crippen molar-refractivity contribution in [2.45, 2.75) is 60.2 Å². The summed E-state index contributed by atoms with van der Waals surface area (Å²) in [4.78, 5) is 0. The van der Waals surface area contributed by atoms with Gasteiger partial charge in [-0.05, 0) is 49.3 Å². The molecular formula is C18H29NO. The van der Waals surface area contributed by atoms with E-state index in [4.69, 9.17) is 4.74 Å². The predicted octanol–water partition coefficient (Wildman–Crippen LogP) is 4.08. The Morgan fingerprint density at radius 2 is 1.70 bits per heavy atom. The summed E-state index contributed by atoms with van der Waals surface area (Å²) in [6.45, 7) is 15.3. The maximum Gasteiger partial charge on any atom is 0.0958 e. The van der Waals surface area contributed by atoms with Crippen LogP contribution in [0.4, 0.5) is 0 Å². The molecule has 2 rings (SSSR count). The number of nitrogens with one attached hydrogen (secondary N) is 1. The molecule has 2 heteroatoms. The van der Waals surface area contributed by atoms with Crippen molar-refractivity contribution in [1.29, 1.82) is 0 Å². The van der Waals surface area contributed by atoms with Crippen LogP contribution in [0.5, 0.6) is 0 Å². The Morgan fingerprint density at radius 3 is 2.25 bits per heavy atom. The Morgan fingerprint density at radius 1 is 1.10 bits per heavy atom. The molecule has 1 aromatic rings. The van der Waals surface area contributed by atoms with Crippen LogP contribution in [0.25, 0.3) is 0 Å². The highest BCUT2D eigenvalue weighted by Crippen LogP contribution is 2.32. The second kappa shape index (κ2) is 5.87. The van der Waals surface area contributed by atoms with Gasteiger partial charge < -0.3 is 10.1 Å².